The molecule has 2 rings (SSSR count). The van der Waals surface area contributed by atoms with E-state index in [2.05, 4.69) is 67.7 Å². The predicted octanol–water partition coefficient (Wildman–Crippen LogP) is 3.40. The van der Waals surface area contributed by atoms with Crippen LogP contribution in [0.5, 0.6) is 0 Å². The molecular formula is C21H32BNO. The SMILES string of the molecule is C.CCCCNCCOB(c1ccccc1)c1ccc(CC)cc1. The van der Waals surface area contributed by atoms with E-state index in [1.807, 2.05) is 6.07 Å². The van der Waals surface area contributed by atoms with E-state index in [4.69, 9.17) is 4.65 Å². The summed E-state index contributed by atoms with van der Waals surface area (Å²) in [5.74, 6) is 0. The Morgan fingerprint density at radius 1 is 0.875 bits per heavy atom. The molecule has 130 valence electrons. The van der Waals surface area contributed by atoms with Gasteiger partial charge < -0.3 is 9.97 Å². The van der Waals surface area contributed by atoms with Gasteiger partial charge in [-0.25, -0.2) is 0 Å². The van der Waals surface area contributed by atoms with Gasteiger partial charge >= 0.3 is 6.92 Å². The van der Waals surface area contributed by atoms with Crippen LogP contribution in [0.3, 0.4) is 0 Å². The summed E-state index contributed by atoms with van der Waals surface area (Å²) in [5.41, 5.74) is 3.80. The van der Waals surface area contributed by atoms with E-state index >= 15 is 0 Å². The normalized spacial score (nSPS) is 10.2. The molecular weight excluding hydrogens is 293 g/mol. The first-order valence-corrected chi connectivity index (χ1v) is 8.81. The lowest BCUT2D eigenvalue weighted by molar-refractivity contribution is 0.328. The Hall–Kier alpha value is -1.58. The summed E-state index contributed by atoms with van der Waals surface area (Å²) in [6, 6.07) is 19.3. The summed E-state index contributed by atoms with van der Waals surface area (Å²) in [5, 5.41) is 3.44. The molecule has 2 aromatic carbocycles. The molecule has 0 aliphatic rings. The van der Waals surface area contributed by atoms with Gasteiger partial charge in [0.15, 0.2) is 0 Å². The molecule has 0 bridgehead atoms. The minimum atomic E-state index is 0. The van der Waals surface area contributed by atoms with Crippen molar-refractivity contribution in [1.82, 2.24) is 5.32 Å². The van der Waals surface area contributed by atoms with Crippen LogP contribution in [-0.4, -0.2) is 26.6 Å². The van der Waals surface area contributed by atoms with E-state index in [1.54, 1.807) is 0 Å². The molecule has 0 saturated heterocycles. The zero-order valence-corrected chi connectivity index (χ0v) is 14.4. The second-order valence-electron chi connectivity index (χ2n) is 5.86. The van der Waals surface area contributed by atoms with E-state index in [0.29, 0.717) is 0 Å². The van der Waals surface area contributed by atoms with Crippen LogP contribution in [0.2, 0.25) is 0 Å². The van der Waals surface area contributed by atoms with Crippen LogP contribution >= 0.6 is 0 Å². The van der Waals surface area contributed by atoms with Crippen molar-refractivity contribution in [1.29, 1.82) is 0 Å². The van der Waals surface area contributed by atoms with E-state index in [9.17, 15) is 0 Å². The van der Waals surface area contributed by atoms with Gasteiger partial charge in [-0.1, -0.05) is 82.3 Å². The summed E-state index contributed by atoms with van der Waals surface area (Å²) in [4.78, 5) is 0. The second-order valence-corrected chi connectivity index (χ2v) is 5.86. The maximum absolute atomic E-state index is 6.21. The molecule has 0 aliphatic carbocycles. The third-order valence-corrected chi connectivity index (χ3v) is 4.06. The maximum Gasteiger partial charge on any atom is 0.361 e. The van der Waals surface area contributed by atoms with Gasteiger partial charge in [-0.2, -0.15) is 0 Å². The van der Waals surface area contributed by atoms with Crippen molar-refractivity contribution in [3.63, 3.8) is 0 Å². The monoisotopic (exact) mass is 325 g/mol. The summed E-state index contributed by atoms with van der Waals surface area (Å²) >= 11 is 0. The lowest BCUT2D eigenvalue weighted by Crippen LogP contribution is -2.46. The predicted molar refractivity (Wildman–Crippen MR) is 108 cm³/mol. The Balaban J connectivity index is 0.00000288. The minimum Gasteiger partial charge on any atom is -0.426 e. The fourth-order valence-corrected chi connectivity index (χ4v) is 2.62. The molecule has 0 heterocycles. The molecule has 0 fully saturated rings. The van der Waals surface area contributed by atoms with Crippen molar-refractivity contribution in [2.24, 2.45) is 0 Å². The molecule has 0 saturated carbocycles. The van der Waals surface area contributed by atoms with Crippen molar-refractivity contribution >= 4 is 17.8 Å². The number of unbranched alkanes of at least 4 members (excludes halogenated alkanes) is 1. The fourth-order valence-electron chi connectivity index (χ4n) is 2.62. The van der Waals surface area contributed by atoms with Gasteiger partial charge in [0, 0.05) is 13.2 Å². The smallest absolute Gasteiger partial charge is 0.361 e. The van der Waals surface area contributed by atoms with Gasteiger partial charge in [0.2, 0.25) is 0 Å². The maximum atomic E-state index is 6.21. The highest BCUT2D eigenvalue weighted by Crippen LogP contribution is 2.00. The Bertz CT molecular complexity index is 542. The Morgan fingerprint density at radius 2 is 1.54 bits per heavy atom. The topological polar surface area (TPSA) is 21.3 Å². The molecule has 3 heteroatoms. The molecule has 0 atom stereocenters. The van der Waals surface area contributed by atoms with Crippen LogP contribution in [-0.2, 0) is 11.1 Å². The van der Waals surface area contributed by atoms with Crippen LogP contribution in [0.25, 0.3) is 0 Å². The lowest BCUT2D eigenvalue weighted by atomic mass is 9.55. The van der Waals surface area contributed by atoms with Gasteiger partial charge in [-0.15, -0.1) is 0 Å². The number of aryl methyl sites for hydroxylation is 1. The Labute approximate surface area is 148 Å². The third kappa shape index (κ3) is 6.50. The second kappa shape index (κ2) is 11.9. The number of hydrogen-bond acceptors (Lipinski definition) is 2. The molecule has 2 nitrogen and oxygen atoms in total. The molecule has 0 aliphatic heterocycles. The first-order chi connectivity index (χ1) is 11.3. The number of benzene rings is 2. The standard InChI is InChI=1S/C20H28BNO.CH4/c1-3-5-15-22-16-17-23-21(19-9-7-6-8-10-19)20-13-11-18(4-2)12-14-20;/h6-14,22H,3-5,15-17H2,1-2H3;1H4. The van der Waals surface area contributed by atoms with Gasteiger partial charge in [0.05, 0.1) is 0 Å². The van der Waals surface area contributed by atoms with Crippen LogP contribution in [0, 0.1) is 0 Å². The molecule has 2 aromatic rings. The van der Waals surface area contributed by atoms with E-state index in [-0.39, 0.29) is 14.3 Å². The fraction of sp³-hybridized carbons (Fsp3) is 0.429. The van der Waals surface area contributed by atoms with Gasteiger partial charge in [0.1, 0.15) is 0 Å². The molecule has 1 N–H and O–H groups in total. The van der Waals surface area contributed by atoms with Crippen molar-refractivity contribution in [3.8, 4) is 0 Å². The highest BCUT2D eigenvalue weighted by atomic mass is 16.4. The van der Waals surface area contributed by atoms with Gasteiger partial charge in [0.25, 0.3) is 0 Å². The highest BCUT2D eigenvalue weighted by molar-refractivity contribution is 6.80. The highest BCUT2D eigenvalue weighted by Gasteiger charge is 2.20. The van der Waals surface area contributed by atoms with E-state index in [1.165, 1.54) is 29.3 Å². The van der Waals surface area contributed by atoms with Crippen LogP contribution < -0.4 is 16.2 Å². The van der Waals surface area contributed by atoms with Crippen LogP contribution in [0.4, 0.5) is 0 Å². The minimum absolute atomic E-state index is 0. The average Bonchev–Trinajstić information content (AvgIpc) is 2.62. The lowest BCUT2D eigenvalue weighted by Gasteiger charge is -2.16. The van der Waals surface area contributed by atoms with Gasteiger partial charge in [-0.3, -0.25) is 0 Å². The van der Waals surface area contributed by atoms with Crippen LogP contribution in [0.1, 0.15) is 39.7 Å². The molecule has 0 aromatic heterocycles. The molecule has 0 radical (unpaired) electrons. The largest absolute Gasteiger partial charge is 0.426 e. The third-order valence-electron chi connectivity index (χ3n) is 4.06. The van der Waals surface area contributed by atoms with Gasteiger partial charge in [-0.05, 0) is 35.9 Å². The number of hydrogen-bond donors (Lipinski definition) is 1. The van der Waals surface area contributed by atoms with Crippen molar-refractivity contribution in [2.75, 3.05) is 19.7 Å². The molecule has 0 spiro atoms. The van der Waals surface area contributed by atoms with E-state index < -0.39 is 0 Å². The molecule has 24 heavy (non-hydrogen) atoms. The first kappa shape index (κ1) is 20.5. The summed E-state index contributed by atoms with van der Waals surface area (Å²) in [6.07, 6.45) is 3.52. The number of nitrogens with one attached hydrogen (secondary N) is 1. The number of rotatable bonds is 10. The molecule has 0 amide bonds. The quantitative estimate of drug-likeness (QED) is 0.534. The van der Waals surface area contributed by atoms with E-state index in [0.717, 1.165) is 26.1 Å². The summed E-state index contributed by atoms with van der Waals surface area (Å²) in [7, 11) is 0. The average molecular weight is 325 g/mol. The Kier molecular flexibility index (Phi) is 10.1. The summed E-state index contributed by atoms with van der Waals surface area (Å²) in [6.45, 7) is 7.09. The van der Waals surface area contributed by atoms with Crippen molar-refractivity contribution in [2.45, 2.75) is 40.5 Å². The zero-order valence-electron chi connectivity index (χ0n) is 14.4. The zero-order chi connectivity index (χ0) is 16.3. The molecule has 0 unspecified atom stereocenters. The Morgan fingerprint density at radius 3 is 2.17 bits per heavy atom. The van der Waals surface area contributed by atoms with Crippen molar-refractivity contribution < 1.29 is 4.65 Å². The van der Waals surface area contributed by atoms with Crippen molar-refractivity contribution in [3.05, 3.63) is 60.2 Å². The first-order valence-electron chi connectivity index (χ1n) is 8.81. The summed E-state index contributed by atoms with van der Waals surface area (Å²) < 4.78 is 6.21. The van der Waals surface area contributed by atoms with Crippen LogP contribution in [0.15, 0.2) is 54.6 Å².